The summed E-state index contributed by atoms with van der Waals surface area (Å²) in [4.78, 5) is 8.39. The van der Waals surface area contributed by atoms with E-state index in [9.17, 15) is 0 Å². The van der Waals surface area contributed by atoms with E-state index in [1.165, 1.54) is 19.3 Å². The van der Waals surface area contributed by atoms with Crippen molar-refractivity contribution in [3.8, 4) is 0 Å². The van der Waals surface area contributed by atoms with Crippen molar-refractivity contribution in [1.82, 2.24) is 20.2 Å². The normalized spacial score (nSPS) is 23.6. The second-order valence-electron chi connectivity index (χ2n) is 4.39. The molecule has 1 aliphatic rings. The molecule has 0 aliphatic heterocycles. The average molecular weight is 217 g/mol. The summed E-state index contributed by atoms with van der Waals surface area (Å²) in [5, 5.41) is 11.3. The highest BCUT2D eigenvalue weighted by Gasteiger charge is 2.36. The minimum absolute atomic E-state index is 0.591. The number of fused-ring (bicyclic) bond motifs is 1. The molecule has 0 aromatic carbocycles. The van der Waals surface area contributed by atoms with Crippen molar-refractivity contribution >= 4 is 16.9 Å². The van der Waals surface area contributed by atoms with Gasteiger partial charge >= 0.3 is 0 Å². The summed E-state index contributed by atoms with van der Waals surface area (Å²) < 4.78 is 0. The summed E-state index contributed by atoms with van der Waals surface area (Å²) in [7, 11) is 0. The predicted molar refractivity (Wildman–Crippen MR) is 62.1 cm³/mol. The number of aromatic nitrogens is 4. The van der Waals surface area contributed by atoms with E-state index in [1.807, 2.05) is 0 Å². The fourth-order valence-electron chi connectivity index (χ4n) is 2.17. The smallest absolute Gasteiger partial charge is 0.160 e. The van der Waals surface area contributed by atoms with E-state index in [0.717, 1.165) is 22.8 Å². The lowest BCUT2D eigenvalue weighted by atomic mass is 10.2. The molecule has 1 saturated carbocycles. The van der Waals surface area contributed by atoms with E-state index in [4.69, 9.17) is 0 Å². The molecule has 2 unspecified atom stereocenters. The monoisotopic (exact) mass is 217 g/mol. The number of hydrogen-bond acceptors (Lipinski definition) is 4. The molecule has 5 nitrogen and oxygen atoms in total. The summed E-state index contributed by atoms with van der Waals surface area (Å²) in [6.45, 7) is 2.23. The Morgan fingerprint density at radius 3 is 3.31 bits per heavy atom. The quantitative estimate of drug-likeness (QED) is 0.821. The summed E-state index contributed by atoms with van der Waals surface area (Å²) >= 11 is 0. The molecule has 0 saturated heterocycles. The summed E-state index contributed by atoms with van der Waals surface area (Å²) in [5.74, 6) is 1.73. The molecule has 0 spiro atoms. The number of nitrogens with one attached hydrogen (secondary N) is 2. The molecule has 0 bridgehead atoms. The first-order valence-electron chi connectivity index (χ1n) is 5.79. The van der Waals surface area contributed by atoms with Gasteiger partial charge in [0.15, 0.2) is 5.65 Å². The zero-order valence-corrected chi connectivity index (χ0v) is 9.27. The molecule has 2 N–H and O–H groups in total. The maximum absolute atomic E-state index is 4.27. The van der Waals surface area contributed by atoms with Crippen LogP contribution in [0.2, 0.25) is 0 Å². The molecular formula is C11H15N5. The molecule has 2 aromatic heterocycles. The molecule has 2 heterocycles. The first kappa shape index (κ1) is 9.57. The largest absolute Gasteiger partial charge is 0.366 e. The number of nitrogens with zero attached hydrogens (tertiary/aromatic N) is 3. The van der Waals surface area contributed by atoms with Crippen molar-refractivity contribution in [3.05, 3.63) is 12.5 Å². The maximum atomic E-state index is 4.27. The molecule has 0 amide bonds. The van der Waals surface area contributed by atoms with E-state index < -0.39 is 0 Å². The van der Waals surface area contributed by atoms with Gasteiger partial charge in [0, 0.05) is 6.04 Å². The zero-order chi connectivity index (χ0) is 11.0. The molecule has 5 heteroatoms. The first-order chi connectivity index (χ1) is 7.88. The van der Waals surface area contributed by atoms with Crippen LogP contribution in [-0.4, -0.2) is 26.2 Å². The minimum atomic E-state index is 0.591. The highest BCUT2D eigenvalue weighted by atomic mass is 15.2. The van der Waals surface area contributed by atoms with Crippen molar-refractivity contribution in [3.63, 3.8) is 0 Å². The van der Waals surface area contributed by atoms with Gasteiger partial charge in [0.25, 0.3) is 0 Å². The molecular weight excluding hydrogens is 202 g/mol. The number of aromatic amines is 1. The van der Waals surface area contributed by atoms with Crippen LogP contribution in [0.4, 0.5) is 5.82 Å². The van der Waals surface area contributed by atoms with Crippen LogP contribution >= 0.6 is 0 Å². The minimum Gasteiger partial charge on any atom is -0.366 e. The van der Waals surface area contributed by atoms with Gasteiger partial charge in [-0.05, 0) is 18.8 Å². The Hall–Kier alpha value is -1.65. The van der Waals surface area contributed by atoms with Crippen LogP contribution in [-0.2, 0) is 0 Å². The Balaban J connectivity index is 1.77. The Labute approximate surface area is 93.7 Å². The van der Waals surface area contributed by atoms with Gasteiger partial charge in [-0.1, -0.05) is 13.3 Å². The molecule has 84 valence electrons. The van der Waals surface area contributed by atoms with Crippen LogP contribution in [0.1, 0.15) is 26.2 Å². The molecule has 0 radical (unpaired) electrons. The van der Waals surface area contributed by atoms with E-state index in [0.29, 0.717) is 6.04 Å². The van der Waals surface area contributed by atoms with E-state index >= 15 is 0 Å². The van der Waals surface area contributed by atoms with Gasteiger partial charge in [-0.15, -0.1) is 0 Å². The van der Waals surface area contributed by atoms with E-state index in [2.05, 4.69) is 32.4 Å². The van der Waals surface area contributed by atoms with Crippen molar-refractivity contribution in [2.45, 2.75) is 32.2 Å². The van der Waals surface area contributed by atoms with Crippen LogP contribution in [0.25, 0.3) is 11.0 Å². The molecule has 3 rings (SSSR count). The lowest BCUT2D eigenvalue weighted by Crippen LogP contribution is -2.06. The van der Waals surface area contributed by atoms with Gasteiger partial charge < -0.3 is 5.32 Å². The van der Waals surface area contributed by atoms with Crippen LogP contribution in [0.3, 0.4) is 0 Å². The number of H-pyrrole nitrogens is 1. The van der Waals surface area contributed by atoms with Crippen molar-refractivity contribution in [2.24, 2.45) is 5.92 Å². The maximum Gasteiger partial charge on any atom is 0.160 e. The van der Waals surface area contributed by atoms with Gasteiger partial charge in [-0.2, -0.15) is 5.10 Å². The third-order valence-corrected chi connectivity index (χ3v) is 3.15. The second kappa shape index (κ2) is 3.73. The molecule has 1 fully saturated rings. The van der Waals surface area contributed by atoms with Crippen molar-refractivity contribution < 1.29 is 0 Å². The summed E-state index contributed by atoms with van der Waals surface area (Å²) in [6.07, 6.45) is 7.16. The summed E-state index contributed by atoms with van der Waals surface area (Å²) in [5.41, 5.74) is 0.796. The molecule has 16 heavy (non-hydrogen) atoms. The van der Waals surface area contributed by atoms with Gasteiger partial charge in [-0.25, -0.2) is 9.97 Å². The van der Waals surface area contributed by atoms with Gasteiger partial charge in [0.2, 0.25) is 0 Å². The summed E-state index contributed by atoms with van der Waals surface area (Å²) in [6, 6.07) is 0.591. The van der Waals surface area contributed by atoms with Gasteiger partial charge in [-0.3, -0.25) is 5.10 Å². The van der Waals surface area contributed by atoms with Crippen LogP contribution in [0, 0.1) is 5.92 Å². The van der Waals surface area contributed by atoms with Crippen molar-refractivity contribution in [1.29, 1.82) is 0 Å². The number of anilines is 1. The Bertz CT molecular complexity index is 492. The van der Waals surface area contributed by atoms with Gasteiger partial charge in [0.05, 0.1) is 11.6 Å². The third kappa shape index (κ3) is 1.62. The SMILES string of the molecule is CCCC1CC1Nc1ncnc2[nH]ncc12. The van der Waals surface area contributed by atoms with Crippen LogP contribution < -0.4 is 5.32 Å². The topological polar surface area (TPSA) is 66.5 Å². The molecule has 2 atom stereocenters. The highest BCUT2D eigenvalue weighted by molar-refractivity contribution is 5.85. The van der Waals surface area contributed by atoms with Gasteiger partial charge in [0.1, 0.15) is 12.1 Å². The number of hydrogen-bond donors (Lipinski definition) is 2. The fraction of sp³-hybridized carbons (Fsp3) is 0.545. The fourth-order valence-corrected chi connectivity index (χ4v) is 2.17. The predicted octanol–water partition coefficient (Wildman–Crippen LogP) is 1.95. The Morgan fingerprint density at radius 2 is 2.44 bits per heavy atom. The van der Waals surface area contributed by atoms with Crippen molar-refractivity contribution in [2.75, 3.05) is 5.32 Å². The van der Waals surface area contributed by atoms with Crippen LogP contribution in [0.5, 0.6) is 0 Å². The van der Waals surface area contributed by atoms with Crippen LogP contribution in [0.15, 0.2) is 12.5 Å². The second-order valence-corrected chi connectivity index (χ2v) is 4.39. The van der Waals surface area contributed by atoms with E-state index in [-0.39, 0.29) is 0 Å². The molecule has 2 aromatic rings. The highest BCUT2D eigenvalue weighted by Crippen LogP contribution is 2.37. The Kier molecular flexibility index (Phi) is 2.23. The first-order valence-corrected chi connectivity index (χ1v) is 5.79. The lowest BCUT2D eigenvalue weighted by Gasteiger charge is -2.04. The standard InChI is InChI=1S/C11H15N5/c1-2-3-7-4-9(7)15-10-8-5-14-16-11(8)13-6-12-10/h5-7,9H,2-4H2,1H3,(H2,12,13,14,15,16). The third-order valence-electron chi connectivity index (χ3n) is 3.15. The average Bonchev–Trinajstić information content (AvgIpc) is 2.83. The molecule has 1 aliphatic carbocycles. The number of rotatable bonds is 4. The van der Waals surface area contributed by atoms with E-state index in [1.54, 1.807) is 12.5 Å². The Morgan fingerprint density at radius 1 is 1.50 bits per heavy atom. The zero-order valence-electron chi connectivity index (χ0n) is 9.27. The lowest BCUT2D eigenvalue weighted by molar-refractivity contribution is 0.692.